The van der Waals surface area contributed by atoms with Crippen LogP contribution in [0.5, 0.6) is 5.75 Å². The second kappa shape index (κ2) is 10.4. The van der Waals surface area contributed by atoms with E-state index in [1.165, 1.54) is 19.0 Å². The van der Waals surface area contributed by atoms with Crippen LogP contribution < -0.4 is 5.73 Å². The van der Waals surface area contributed by atoms with Crippen LogP contribution in [0, 0.1) is 11.8 Å². The molecule has 0 bridgehead atoms. The maximum Gasteiger partial charge on any atom is 0.306 e. The van der Waals surface area contributed by atoms with Gasteiger partial charge in [-0.05, 0) is 50.9 Å². The minimum atomic E-state index is -2.85. The van der Waals surface area contributed by atoms with E-state index in [0.717, 1.165) is 6.07 Å². The number of phenolic OH excluding ortho intramolecular Hbond substituents is 1. The number of rotatable bonds is 5. The van der Waals surface area contributed by atoms with Crippen molar-refractivity contribution >= 4 is 29.1 Å². The zero-order chi connectivity index (χ0) is 30.8. The number of primary amides is 1. The lowest BCUT2D eigenvalue weighted by atomic mass is 9.57. The topological polar surface area (TPSA) is 165 Å². The summed E-state index contributed by atoms with van der Waals surface area (Å²) in [5, 5.41) is 45.3. The van der Waals surface area contributed by atoms with E-state index in [1.54, 1.807) is 0 Å². The number of carbonyl (C=O) groups is 3. The Labute approximate surface area is 238 Å². The molecular weight excluding hydrogens is 559 g/mol. The van der Waals surface area contributed by atoms with Crippen molar-refractivity contribution in [2.24, 2.45) is 17.6 Å². The Balaban J connectivity index is 1.74. The number of aliphatic hydroxyl groups excluding tert-OH is 2. The van der Waals surface area contributed by atoms with E-state index >= 15 is 0 Å². The summed E-state index contributed by atoms with van der Waals surface area (Å²) in [6.45, 7) is 1.06. The number of hydrogen-bond acceptors (Lipinski definition) is 9. The first kappa shape index (κ1) is 29.5. The molecule has 1 amide bonds. The SMILES string of the molecule is CN(C)[C@@H]1C(=O)C(C(N)=O)=C(O)[C@@]2(O)C(=O)C3=C(O)c4c(O)c(CN5CC=CCC5)cc(C(F)=C(F)F)c4C[C@H]3C[C@@H]12. The molecule has 1 saturated carbocycles. The summed E-state index contributed by atoms with van der Waals surface area (Å²) in [5.41, 5.74) is -0.0931. The molecule has 0 saturated heterocycles. The summed E-state index contributed by atoms with van der Waals surface area (Å²) in [6.07, 6.45) is 1.34. The molecule has 1 heterocycles. The van der Waals surface area contributed by atoms with Crippen molar-refractivity contribution in [3.63, 3.8) is 0 Å². The summed E-state index contributed by atoms with van der Waals surface area (Å²) in [6, 6.07) is -0.211. The van der Waals surface area contributed by atoms with Crippen molar-refractivity contribution in [3.05, 3.63) is 63.5 Å². The highest BCUT2D eigenvalue weighted by molar-refractivity contribution is 6.24. The Morgan fingerprint density at radius 1 is 1.17 bits per heavy atom. The van der Waals surface area contributed by atoms with Gasteiger partial charge in [-0.25, -0.2) is 4.39 Å². The molecule has 13 heteroatoms. The molecule has 1 aliphatic heterocycles. The highest BCUT2D eigenvalue weighted by Crippen LogP contribution is 2.54. The van der Waals surface area contributed by atoms with Crippen LogP contribution in [0.1, 0.15) is 35.1 Å². The number of halogens is 3. The van der Waals surface area contributed by atoms with Gasteiger partial charge < -0.3 is 26.2 Å². The van der Waals surface area contributed by atoms with Crippen LogP contribution in [0.2, 0.25) is 0 Å². The molecule has 1 aromatic carbocycles. The number of aliphatic hydroxyl groups is 3. The fraction of sp³-hybridized carbons (Fsp3) is 0.414. The number of benzene rings is 1. The maximum atomic E-state index is 15.0. The number of aromatic hydroxyl groups is 1. The van der Waals surface area contributed by atoms with Gasteiger partial charge in [-0.3, -0.25) is 24.2 Å². The minimum Gasteiger partial charge on any atom is -0.508 e. The van der Waals surface area contributed by atoms with Crippen molar-refractivity contribution in [2.75, 3.05) is 27.2 Å². The quantitative estimate of drug-likeness (QED) is 0.256. The molecule has 0 radical (unpaired) electrons. The molecule has 6 N–H and O–H groups in total. The number of amides is 1. The Morgan fingerprint density at radius 3 is 2.43 bits per heavy atom. The van der Waals surface area contributed by atoms with Gasteiger partial charge in [0.1, 0.15) is 22.8 Å². The lowest BCUT2D eigenvalue weighted by molar-refractivity contribution is -0.153. The third kappa shape index (κ3) is 4.26. The van der Waals surface area contributed by atoms with E-state index in [0.29, 0.717) is 19.5 Å². The number of likely N-dealkylation sites (N-methyl/N-ethyl adjacent to an activating group) is 1. The van der Waals surface area contributed by atoms with Crippen molar-refractivity contribution in [1.29, 1.82) is 0 Å². The van der Waals surface area contributed by atoms with E-state index in [2.05, 4.69) is 0 Å². The van der Waals surface area contributed by atoms with Crippen LogP contribution in [0.4, 0.5) is 13.2 Å². The molecule has 42 heavy (non-hydrogen) atoms. The molecule has 5 rings (SSSR count). The third-order valence-corrected chi connectivity index (χ3v) is 8.74. The molecule has 1 aromatic rings. The largest absolute Gasteiger partial charge is 0.508 e. The lowest BCUT2D eigenvalue weighted by Gasteiger charge is -2.50. The molecule has 1 fully saturated rings. The molecule has 10 nitrogen and oxygen atoms in total. The van der Waals surface area contributed by atoms with E-state index in [1.807, 2.05) is 17.1 Å². The first-order valence-corrected chi connectivity index (χ1v) is 13.3. The average molecular weight is 590 g/mol. The van der Waals surface area contributed by atoms with E-state index in [4.69, 9.17) is 5.73 Å². The molecule has 0 aromatic heterocycles. The molecule has 4 atom stereocenters. The number of nitrogens with two attached hydrogens (primary N) is 1. The van der Waals surface area contributed by atoms with Crippen LogP contribution in [0.3, 0.4) is 0 Å². The predicted octanol–water partition coefficient (Wildman–Crippen LogP) is 2.26. The summed E-state index contributed by atoms with van der Waals surface area (Å²) >= 11 is 0. The zero-order valence-electron chi connectivity index (χ0n) is 22.8. The molecule has 0 spiro atoms. The van der Waals surface area contributed by atoms with Gasteiger partial charge in [0, 0.05) is 42.3 Å². The van der Waals surface area contributed by atoms with E-state index < -0.39 is 92.4 Å². The molecule has 4 aliphatic rings. The van der Waals surface area contributed by atoms with E-state index in [-0.39, 0.29) is 30.5 Å². The van der Waals surface area contributed by atoms with Crippen LogP contribution in [0.25, 0.3) is 11.6 Å². The summed E-state index contributed by atoms with van der Waals surface area (Å²) < 4.78 is 42.2. The van der Waals surface area contributed by atoms with Gasteiger partial charge in [-0.15, -0.1) is 0 Å². The summed E-state index contributed by atoms with van der Waals surface area (Å²) in [7, 11) is 2.90. The van der Waals surface area contributed by atoms with Crippen LogP contribution in [0.15, 0.2) is 41.2 Å². The number of phenols is 1. The number of carbonyl (C=O) groups excluding carboxylic acids is 3. The first-order chi connectivity index (χ1) is 19.7. The first-order valence-electron chi connectivity index (χ1n) is 13.3. The predicted molar refractivity (Wildman–Crippen MR) is 144 cm³/mol. The van der Waals surface area contributed by atoms with Crippen molar-refractivity contribution in [3.8, 4) is 5.75 Å². The Kier molecular flexibility index (Phi) is 7.32. The highest BCUT2D eigenvalue weighted by atomic mass is 19.3. The van der Waals surface area contributed by atoms with Gasteiger partial charge in [0.2, 0.25) is 5.78 Å². The van der Waals surface area contributed by atoms with Crippen LogP contribution in [-0.4, -0.2) is 86.5 Å². The van der Waals surface area contributed by atoms with Gasteiger partial charge in [0.15, 0.2) is 17.2 Å². The number of hydrogen-bond donors (Lipinski definition) is 5. The lowest BCUT2D eigenvalue weighted by Crippen LogP contribution is -2.65. The molecular formula is C29H30F3N3O7. The van der Waals surface area contributed by atoms with Crippen molar-refractivity contribution in [2.45, 2.75) is 37.5 Å². The van der Waals surface area contributed by atoms with Gasteiger partial charge in [0.05, 0.1) is 11.6 Å². The summed E-state index contributed by atoms with van der Waals surface area (Å²) in [5.74, 6) is -10.4. The summed E-state index contributed by atoms with van der Waals surface area (Å²) in [4.78, 5) is 42.5. The Bertz CT molecular complexity index is 1540. The number of Topliss-reactive ketones (excluding diaryl/α,β-unsaturated/α-hetero) is 2. The number of ketones is 2. The second-order valence-corrected chi connectivity index (χ2v) is 11.3. The zero-order valence-corrected chi connectivity index (χ0v) is 22.8. The minimum absolute atomic E-state index is 0.0156. The number of nitrogens with zero attached hydrogens (tertiary/aromatic N) is 2. The maximum absolute atomic E-state index is 15.0. The monoisotopic (exact) mass is 589 g/mol. The molecule has 0 unspecified atom stereocenters. The number of fused-ring (bicyclic) bond motifs is 3. The normalized spacial score (nSPS) is 27.6. The Hall–Kier alpha value is -3.94. The third-order valence-electron chi connectivity index (χ3n) is 8.74. The molecule has 224 valence electrons. The molecule has 3 aliphatic carbocycles. The Morgan fingerprint density at radius 2 is 1.86 bits per heavy atom. The average Bonchev–Trinajstić information content (AvgIpc) is 2.92. The second-order valence-electron chi connectivity index (χ2n) is 11.3. The van der Waals surface area contributed by atoms with Crippen LogP contribution >= 0.6 is 0 Å². The van der Waals surface area contributed by atoms with Gasteiger partial charge >= 0.3 is 6.08 Å². The fourth-order valence-electron chi connectivity index (χ4n) is 6.86. The van der Waals surface area contributed by atoms with Crippen LogP contribution in [-0.2, 0) is 27.3 Å². The van der Waals surface area contributed by atoms with Crippen molar-refractivity contribution < 1.29 is 48.0 Å². The smallest absolute Gasteiger partial charge is 0.306 e. The standard InChI is InChI=1S/C29H30F3N3O7/c1-34(2)21-16-10-12-8-14-15(20(30)27(31)32)9-13(11-35-6-4-3-5-7-35)22(36)18(14)23(37)17(12)25(39)29(16,42)26(40)19(24(21)38)28(33)41/h3-4,9,12,16,21,36-37,40,42H,5-8,10-11H2,1-2H3,(H2,33,41)/t12-,16-,21-,29-/m0/s1. The van der Waals surface area contributed by atoms with E-state index in [9.17, 15) is 48.0 Å². The van der Waals surface area contributed by atoms with Gasteiger partial charge in [-0.2, -0.15) is 8.78 Å². The van der Waals surface area contributed by atoms with Crippen molar-refractivity contribution in [1.82, 2.24) is 9.80 Å². The highest BCUT2D eigenvalue weighted by Gasteiger charge is 2.64. The fourth-order valence-corrected chi connectivity index (χ4v) is 6.86. The van der Waals surface area contributed by atoms with Gasteiger partial charge in [0.25, 0.3) is 5.91 Å². The van der Waals surface area contributed by atoms with Gasteiger partial charge in [-0.1, -0.05) is 12.2 Å².